The second-order valence-corrected chi connectivity index (χ2v) is 8.61. The lowest BCUT2D eigenvalue weighted by Crippen LogP contribution is -2.46. The number of nitrogens with zero attached hydrogens (tertiary/aromatic N) is 2. The quantitative estimate of drug-likeness (QED) is 0.584. The van der Waals surface area contributed by atoms with E-state index in [1.807, 2.05) is 6.07 Å². The summed E-state index contributed by atoms with van der Waals surface area (Å²) in [7, 11) is 0. The molecular weight excluding hydrogens is 424 g/mol. The number of carboxylic acid groups (broad SMARTS) is 1. The van der Waals surface area contributed by atoms with Gasteiger partial charge in [0.05, 0.1) is 4.88 Å². The van der Waals surface area contributed by atoms with Crippen molar-refractivity contribution in [3.8, 4) is 10.6 Å². The Morgan fingerprint density at radius 3 is 2.68 bits per heavy atom. The zero-order valence-corrected chi connectivity index (χ0v) is 16.9. The lowest BCUT2D eigenvalue weighted by molar-refractivity contribution is -0.139. The second kappa shape index (κ2) is 7.00. The molecule has 0 aliphatic heterocycles. The Balaban J connectivity index is 1.75. The van der Waals surface area contributed by atoms with E-state index in [1.165, 1.54) is 0 Å². The number of aryl methyl sites for hydroxylation is 1. The SMILES string of the molecule is Cc1nc(-c2ccc(N(S(=O)[O-])C3(C(=O)O)CC3c3ccccc3)s2)c(Cl)o1. The number of anilines is 1. The number of hydrogen-bond donors (Lipinski definition) is 1. The van der Waals surface area contributed by atoms with Crippen molar-refractivity contribution in [3.05, 3.63) is 59.1 Å². The van der Waals surface area contributed by atoms with Crippen LogP contribution in [-0.2, 0) is 16.1 Å². The third-order valence-corrected chi connectivity index (χ3v) is 7.00. The molecular formula is C18H14ClN2O5S2-. The summed E-state index contributed by atoms with van der Waals surface area (Å²) in [6.45, 7) is 1.65. The van der Waals surface area contributed by atoms with Gasteiger partial charge in [0.15, 0.2) is 11.4 Å². The molecule has 1 saturated carbocycles. The zero-order valence-electron chi connectivity index (χ0n) is 14.5. The average molecular weight is 438 g/mol. The number of rotatable bonds is 6. The zero-order chi connectivity index (χ0) is 20.1. The highest BCUT2D eigenvalue weighted by Crippen LogP contribution is 2.58. The Labute approximate surface area is 172 Å². The maximum Gasteiger partial charge on any atom is 0.331 e. The summed E-state index contributed by atoms with van der Waals surface area (Å²) in [5, 5.41) is 10.3. The molecule has 7 nitrogen and oxygen atoms in total. The number of carboxylic acids is 1. The van der Waals surface area contributed by atoms with Crippen LogP contribution in [0.1, 0.15) is 23.8 Å². The number of aromatic nitrogens is 1. The van der Waals surface area contributed by atoms with Crippen molar-refractivity contribution in [1.82, 2.24) is 4.98 Å². The largest absolute Gasteiger partial charge is 0.755 e. The van der Waals surface area contributed by atoms with Gasteiger partial charge in [-0.1, -0.05) is 30.3 Å². The summed E-state index contributed by atoms with van der Waals surface area (Å²) in [4.78, 5) is 16.9. The second-order valence-electron chi connectivity index (χ2n) is 6.40. The molecule has 4 rings (SSSR count). The number of carbonyl (C=O) groups is 1. The fraction of sp³-hybridized carbons (Fsp3) is 0.222. The first-order chi connectivity index (χ1) is 13.3. The van der Waals surface area contributed by atoms with Gasteiger partial charge in [-0.15, -0.1) is 11.3 Å². The molecule has 10 heteroatoms. The number of halogens is 1. The molecule has 28 heavy (non-hydrogen) atoms. The number of hydrogen-bond acceptors (Lipinski definition) is 6. The van der Waals surface area contributed by atoms with Gasteiger partial charge in [0, 0.05) is 24.1 Å². The van der Waals surface area contributed by atoms with Crippen LogP contribution < -0.4 is 4.31 Å². The first kappa shape index (κ1) is 19.1. The summed E-state index contributed by atoms with van der Waals surface area (Å²) in [5.41, 5.74) is -0.376. The summed E-state index contributed by atoms with van der Waals surface area (Å²) in [6, 6.07) is 12.2. The topological polar surface area (TPSA) is 107 Å². The molecule has 146 valence electrons. The van der Waals surface area contributed by atoms with Crippen LogP contribution in [0.2, 0.25) is 5.22 Å². The smallest absolute Gasteiger partial charge is 0.331 e. The van der Waals surface area contributed by atoms with E-state index in [-0.39, 0.29) is 16.6 Å². The van der Waals surface area contributed by atoms with Crippen molar-refractivity contribution in [1.29, 1.82) is 0 Å². The van der Waals surface area contributed by atoms with Crippen LogP contribution in [0.5, 0.6) is 0 Å². The summed E-state index contributed by atoms with van der Waals surface area (Å²) < 4.78 is 30.3. The van der Waals surface area contributed by atoms with Crippen LogP contribution in [0.25, 0.3) is 10.6 Å². The number of oxazole rings is 1. The predicted octanol–water partition coefficient (Wildman–Crippen LogP) is 3.98. The van der Waals surface area contributed by atoms with Crippen LogP contribution in [0, 0.1) is 6.92 Å². The maximum absolute atomic E-state index is 12.2. The van der Waals surface area contributed by atoms with Crippen molar-refractivity contribution >= 4 is 45.2 Å². The van der Waals surface area contributed by atoms with E-state index in [2.05, 4.69) is 4.98 Å². The van der Waals surface area contributed by atoms with E-state index in [9.17, 15) is 18.7 Å². The Morgan fingerprint density at radius 1 is 1.39 bits per heavy atom. The van der Waals surface area contributed by atoms with Crippen LogP contribution >= 0.6 is 22.9 Å². The fourth-order valence-electron chi connectivity index (χ4n) is 3.40. The standard InChI is InChI=1S/C18H15ClN2O5S2/c1-10-20-15(16(19)26-10)13-7-8-14(27-13)21(28(24)25)18(17(22)23)9-12(18)11-5-3-2-4-6-11/h2-8,12H,9H2,1H3,(H,22,23)(H,24,25)/p-1. The molecule has 1 aromatic carbocycles. The van der Waals surface area contributed by atoms with Crippen LogP contribution in [0.4, 0.5) is 5.00 Å². The molecule has 1 aliphatic carbocycles. The third kappa shape index (κ3) is 3.04. The van der Waals surface area contributed by atoms with E-state index in [1.54, 1.807) is 43.3 Å². The van der Waals surface area contributed by atoms with Gasteiger partial charge in [-0.05, 0) is 35.7 Å². The van der Waals surface area contributed by atoms with E-state index in [4.69, 9.17) is 16.0 Å². The van der Waals surface area contributed by atoms with Crippen molar-refractivity contribution in [2.75, 3.05) is 4.31 Å². The Bertz CT molecular complexity index is 1070. The summed E-state index contributed by atoms with van der Waals surface area (Å²) in [5.74, 6) is -1.24. The molecule has 0 radical (unpaired) electrons. The molecule has 1 fully saturated rings. The minimum atomic E-state index is -2.78. The molecule has 2 aromatic heterocycles. The molecule has 1 aliphatic rings. The van der Waals surface area contributed by atoms with Gasteiger partial charge in [-0.2, -0.15) is 0 Å². The molecule has 0 spiro atoms. The molecule has 0 saturated heterocycles. The highest BCUT2D eigenvalue weighted by atomic mass is 35.5. The monoisotopic (exact) mass is 437 g/mol. The van der Waals surface area contributed by atoms with Gasteiger partial charge >= 0.3 is 5.97 Å². The van der Waals surface area contributed by atoms with E-state index < -0.39 is 28.7 Å². The Kier molecular flexibility index (Phi) is 4.78. The van der Waals surface area contributed by atoms with E-state index in [0.717, 1.165) is 21.2 Å². The van der Waals surface area contributed by atoms with Gasteiger partial charge in [0.2, 0.25) is 5.22 Å². The molecule has 2 heterocycles. The average Bonchev–Trinajstić information content (AvgIpc) is 3.04. The number of benzene rings is 1. The normalized spacial score (nSPS) is 22.0. The molecule has 0 amide bonds. The first-order valence-corrected chi connectivity index (χ1v) is 10.5. The van der Waals surface area contributed by atoms with Gasteiger partial charge < -0.3 is 14.1 Å². The van der Waals surface area contributed by atoms with Crippen molar-refractivity contribution in [3.63, 3.8) is 0 Å². The molecule has 3 atom stereocenters. The highest BCUT2D eigenvalue weighted by Gasteiger charge is 2.66. The fourth-order valence-corrected chi connectivity index (χ4v) is 5.74. The number of aliphatic carboxylic acids is 1. The lowest BCUT2D eigenvalue weighted by Gasteiger charge is -2.32. The Hall–Kier alpha value is -2.20. The van der Waals surface area contributed by atoms with Crippen molar-refractivity contribution < 1.29 is 23.1 Å². The molecule has 3 unspecified atom stereocenters. The molecule has 0 bridgehead atoms. The van der Waals surface area contributed by atoms with Gasteiger partial charge in [-0.25, -0.2) is 9.78 Å². The third-order valence-electron chi connectivity index (χ3n) is 4.73. The number of thiophene rings is 1. The minimum Gasteiger partial charge on any atom is -0.755 e. The van der Waals surface area contributed by atoms with Crippen molar-refractivity contribution in [2.24, 2.45) is 0 Å². The van der Waals surface area contributed by atoms with E-state index in [0.29, 0.717) is 16.5 Å². The van der Waals surface area contributed by atoms with Crippen LogP contribution in [0.3, 0.4) is 0 Å². The van der Waals surface area contributed by atoms with Gasteiger partial charge in [0.1, 0.15) is 10.7 Å². The van der Waals surface area contributed by atoms with Crippen LogP contribution in [-0.4, -0.2) is 30.4 Å². The first-order valence-electron chi connectivity index (χ1n) is 8.25. The van der Waals surface area contributed by atoms with Gasteiger partial charge in [0.25, 0.3) is 0 Å². The highest BCUT2D eigenvalue weighted by molar-refractivity contribution is 7.81. The van der Waals surface area contributed by atoms with E-state index >= 15 is 0 Å². The van der Waals surface area contributed by atoms with Crippen LogP contribution in [0.15, 0.2) is 46.9 Å². The predicted molar refractivity (Wildman–Crippen MR) is 105 cm³/mol. The summed E-state index contributed by atoms with van der Waals surface area (Å²) >= 11 is 4.35. The Morgan fingerprint density at radius 2 is 2.11 bits per heavy atom. The minimum absolute atomic E-state index is 0.0993. The van der Waals surface area contributed by atoms with Gasteiger partial charge in [-0.3, -0.25) is 8.51 Å². The summed E-state index contributed by atoms with van der Waals surface area (Å²) in [6.07, 6.45) is 0.192. The maximum atomic E-state index is 12.2. The molecule has 1 N–H and O–H groups in total. The molecule has 3 aromatic rings. The lowest BCUT2D eigenvalue weighted by atomic mass is 10.1. The van der Waals surface area contributed by atoms with Crippen molar-refractivity contribution in [2.45, 2.75) is 24.8 Å².